The Morgan fingerprint density at radius 1 is 1.00 bits per heavy atom. The summed E-state index contributed by atoms with van der Waals surface area (Å²) in [6.07, 6.45) is 0.853. The minimum Gasteiger partial charge on any atom is -0.359 e. The molecule has 122 valence electrons. The SMILES string of the molecule is O=C1CC(N2CCc3ccccc32)C(=O)N1c1ccc(F)c(F)c1. The molecule has 4 nitrogen and oxygen atoms in total. The zero-order valence-electron chi connectivity index (χ0n) is 12.7. The molecule has 0 N–H and O–H groups in total. The van der Waals surface area contributed by atoms with Gasteiger partial charge in [0, 0.05) is 18.3 Å². The molecule has 0 bridgehead atoms. The molecule has 0 aliphatic carbocycles. The van der Waals surface area contributed by atoms with Crippen LogP contribution in [0.3, 0.4) is 0 Å². The number of carbonyl (C=O) groups is 2. The number of nitrogens with zero attached hydrogens (tertiary/aromatic N) is 2. The fourth-order valence-electron chi connectivity index (χ4n) is 3.44. The van der Waals surface area contributed by atoms with E-state index in [1.165, 1.54) is 6.07 Å². The molecule has 0 saturated carbocycles. The third-order valence-electron chi connectivity index (χ3n) is 4.58. The predicted octanol–water partition coefficient (Wildman–Crippen LogP) is 2.66. The Kier molecular flexibility index (Phi) is 3.33. The van der Waals surface area contributed by atoms with Gasteiger partial charge < -0.3 is 4.90 Å². The van der Waals surface area contributed by atoms with Crippen LogP contribution in [-0.4, -0.2) is 24.4 Å². The molecule has 1 fully saturated rings. The molecule has 2 aliphatic rings. The first kappa shape index (κ1) is 14.8. The maximum Gasteiger partial charge on any atom is 0.256 e. The standard InChI is InChI=1S/C18H14F2N2O2/c19-13-6-5-12(9-14(13)20)22-17(23)10-16(18(22)24)21-8-7-11-3-1-2-4-15(11)21/h1-6,9,16H,7-8,10H2. The number of hydrogen-bond donors (Lipinski definition) is 0. The van der Waals surface area contributed by atoms with Gasteiger partial charge in [0.05, 0.1) is 12.1 Å². The quantitative estimate of drug-likeness (QED) is 0.796. The molecule has 2 aromatic rings. The molecule has 24 heavy (non-hydrogen) atoms. The van der Waals surface area contributed by atoms with Crippen LogP contribution in [0.25, 0.3) is 0 Å². The Balaban J connectivity index is 1.66. The Bertz CT molecular complexity index is 853. The number of fused-ring (bicyclic) bond motifs is 1. The van der Waals surface area contributed by atoms with E-state index in [2.05, 4.69) is 0 Å². The van der Waals surface area contributed by atoms with Gasteiger partial charge in [0.25, 0.3) is 5.91 Å². The van der Waals surface area contributed by atoms with E-state index in [9.17, 15) is 18.4 Å². The molecule has 1 saturated heterocycles. The van der Waals surface area contributed by atoms with E-state index in [1.807, 2.05) is 29.2 Å². The summed E-state index contributed by atoms with van der Waals surface area (Å²) < 4.78 is 26.5. The number of imide groups is 1. The number of hydrogen-bond acceptors (Lipinski definition) is 3. The molecule has 4 rings (SSSR count). The second-order valence-corrected chi connectivity index (χ2v) is 5.96. The van der Waals surface area contributed by atoms with Crippen LogP contribution >= 0.6 is 0 Å². The molecule has 1 atom stereocenters. The van der Waals surface area contributed by atoms with Gasteiger partial charge in [-0.25, -0.2) is 13.7 Å². The smallest absolute Gasteiger partial charge is 0.256 e. The average Bonchev–Trinajstić information content (AvgIpc) is 3.11. The van der Waals surface area contributed by atoms with Crippen molar-refractivity contribution < 1.29 is 18.4 Å². The van der Waals surface area contributed by atoms with Crippen LogP contribution < -0.4 is 9.80 Å². The Morgan fingerprint density at radius 2 is 1.79 bits per heavy atom. The van der Waals surface area contributed by atoms with E-state index in [0.717, 1.165) is 34.7 Å². The Hall–Kier alpha value is -2.76. The zero-order chi connectivity index (χ0) is 16.8. The fraction of sp³-hybridized carbons (Fsp3) is 0.222. The molecule has 2 aromatic carbocycles. The first-order chi connectivity index (χ1) is 11.6. The summed E-state index contributed by atoms with van der Waals surface area (Å²) >= 11 is 0. The van der Waals surface area contributed by atoms with Gasteiger partial charge in [0.2, 0.25) is 5.91 Å². The lowest BCUT2D eigenvalue weighted by atomic mass is 10.1. The van der Waals surface area contributed by atoms with Gasteiger partial charge in [0.15, 0.2) is 11.6 Å². The van der Waals surface area contributed by atoms with Crippen LogP contribution in [0.2, 0.25) is 0 Å². The van der Waals surface area contributed by atoms with Crippen molar-refractivity contribution in [2.45, 2.75) is 18.9 Å². The van der Waals surface area contributed by atoms with Gasteiger partial charge >= 0.3 is 0 Å². The molecular formula is C18H14F2N2O2. The van der Waals surface area contributed by atoms with Crippen molar-refractivity contribution in [3.8, 4) is 0 Å². The lowest BCUT2D eigenvalue weighted by molar-refractivity contribution is -0.121. The molecule has 0 aromatic heterocycles. The van der Waals surface area contributed by atoms with Crippen LogP contribution in [0, 0.1) is 11.6 Å². The van der Waals surface area contributed by atoms with Crippen LogP contribution in [0.4, 0.5) is 20.2 Å². The van der Waals surface area contributed by atoms with Crippen LogP contribution in [-0.2, 0) is 16.0 Å². The van der Waals surface area contributed by atoms with Gasteiger partial charge in [-0.05, 0) is 30.2 Å². The number of carbonyl (C=O) groups excluding carboxylic acids is 2. The first-order valence-corrected chi connectivity index (χ1v) is 7.72. The number of rotatable bonds is 2. The van der Waals surface area contributed by atoms with Crippen molar-refractivity contribution in [1.29, 1.82) is 0 Å². The summed E-state index contributed by atoms with van der Waals surface area (Å²) in [5.74, 6) is -2.89. The molecule has 2 heterocycles. The zero-order valence-corrected chi connectivity index (χ0v) is 12.7. The van der Waals surface area contributed by atoms with Crippen molar-refractivity contribution >= 4 is 23.2 Å². The Morgan fingerprint density at radius 3 is 2.58 bits per heavy atom. The molecule has 2 aliphatic heterocycles. The molecular weight excluding hydrogens is 314 g/mol. The maximum atomic E-state index is 13.4. The van der Waals surface area contributed by atoms with Crippen molar-refractivity contribution in [2.24, 2.45) is 0 Å². The van der Waals surface area contributed by atoms with E-state index in [0.29, 0.717) is 6.54 Å². The third-order valence-corrected chi connectivity index (χ3v) is 4.58. The van der Waals surface area contributed by atoms with E-state index in [-0.39, 0.29) is 12.1 Å². The molecule has 0 spiro atoms. The summed E-state index contributed by atoms with van der Waals surface area (Å²) in [6.45, 7) is 0.661. The summed E-state index contributed by atoms with van der Waals surface area (Å²) in [5.41, 5.74) is 2.17. The highest BCUT2D eigenvalue weighted by molar-refractivity contribution is 6.23. The van der Waals surface area contributed by atoms with Crippen molar-refractivity contribution in [2.75, 3.05) is 16.3 Å². The topological polar surface area (TPSA) is 40.6 Å². The number of benzene rings is 2. The molecule has 0 radical (unpaired) electrons. The van der Waals surface area contributed by atoms with Crippen molar-refractivity contribution in [3.63, 3.8) is 0 Å². The normalized spacial score (nSPS) is 20.0. The minimum atomic E-state index is -1.08. The predicted molar refractivity (Wildman–Crippen MR) is 84.7 cm³/mol. The molecule has 6 heteroatoms. The van der Waals surface area contributed by atoms with Gasteiger partial charge in [-0.15, -0.1) is 0 Å². The summed E-state index contributed by atoms with van der Waals surface area (Å²) in [5, 5.41) is 0. The van der Waals surface area contributed by atoms with E-state index >= 15 is 0 Å². The van der Waals surface area contributed by atoms with Crippen LogP contribution in [0.15, 0.2) is 42.5 Å². The van der Waals surface area contributed by atoms with Crippen molar-refractivity contribution in [3.05, 3.63) is 59.7 Å². The van der Waals surface area contributed by atoms with Gasteiger partial charge in [-0.2, -0.15) is 0 Å². The monoisotopic (exact) mass is 328 g/mol. The Labute approximate surface area is 137 Å². The number of halogens is 2. The summed E-state index contributed by atoms with van der Waals surface area (Å²) in [7, 11) is 0. The second-order valence-electron chi connectivity index (χ2n) is 5.96. The lowest BCUT2D eigenvalue weighted by Crippen LogP contribution is -2.41. The summed E-state index contributed by atoms with van der Waals surface area (Å²) in [4.78, 5) is 28.0. The highest BCUT2D eigenvalue weighted by Gasteiger charge is 2.44. The minimum absolute atomic E-state index is 0.0339. The lowest BCUT2D eigenvalue weighted by Gasteiger charge is -2.25. The maximum absolute atomic E-state index is 13.4. The molecule has 2 amide bonds. The fourth-order valence-corrected chi connectivity index (χ4v) is 3.44. The third kappa shape index (κ3) is 2.18. The number of anilines is 2. The highest BCUT2D eigenvalue weighted by atomic mass is 19.2. The van der Waals surface area contributed by atoms with E-state index in [1.54, 1.807) is 0 Å². The average molecular weight is 328 g/mol. The second kappa shape index (κ2) is 5.40. The van der Waals surface area contributed by atoms with Gasteiger partial charge in [0.1, 0.15) is 6.04 Å². The molecule has 1 unspecified atom stereocenters. The largest absolute Gasteiger partial charge is 0.359 e. The van der Waals surface area contributed by atoms with Gasteiger partial charge in [-0.3, -0.25) is 9.59 Å². The summed E-state index contributed by atoms with van der Waals surface area (Å²) in [6, 6.07) is 10.2. The first-order valence-electron chi connectivity index (χ1n) is 7.72. The van der Waals surface area contributed by atoms with Crippen molar-refractivity contribution in [1.82, 2.24) is 0 Å². The number of amides is 2. The van der Waals surface area contributed by atoms with E-state index in [4.69, 9.17) is 0 Å². The van der Waals surface area contributed by atoms with Gasteiger partial charge in [-0.1, -0.05) is 18.2 Å². The number of para-hydroxylation sites is 1. The van der Waals surface area contributed by atoms with Crippen LogP contribution in [0.1, 0.15) is 12.0 Å². The van der Waals surface area contributed by atoms with Crippen LogP contribution in [0.5, 0.6) is 0 Å². The van der Waals surface area contributed by atoms with E-state index < -0.39 is 29.5 Å². The highest BCUT2D eigenvalue weighted by Crippen LogP contribution is 2.34.